The van der Waals surface area contributed by atoms with Gasteiger partial charge in [-0.2, -0.15) is 0 Å². The van der Waals surface area contributed by atoms with Gasteiger partial charge in [0.2, 0.25) is 0 Å². The zero-order valence-electron chi connectivity index (χ0n) is 12.0. The highest BCUT2D eigenvalue weighted by atomic mass is 28.2. The molecule has 19 heavy (non-hydrogen) atoms. The number of hydrogen-bond acceptors (Lipinski definition) is 1. The topological polar surface area (TPSA) is 9.23 Å². The van der Waals surface area contributed by atoms with E-state index >= 15 is 0 Å². The fourth-order valence-corrected chi connectivity index (χ4v) is 3.03. The number of hydrogen-bond donors (Lipinski definition) is 0. The zero-order chi connectivity index (χ0) is 13.7. The summed E-state index contributed by atoms with van der Waals surface area (Å²) in [5.41, 5.74) is 2.48. The maximum Gasteiger partial charge on any atom is 0.168 e. The van der Waals surface area contributed by atoms with Crippen molar-refractivity contribution in [1.29, 1.82) is 0 Å². The lowest BCUT2D eigenvalue weighted by Gasteiger charge is -2.24. The van der Waals surface area contributed by atoms with Crippen molar-refractivity contribution in [1.82, 2.24) is 0 Å². The van der Waals surface area contributed by atoms with E-state index in [1.54, 1.807) is 0 Å². The van der Waals surface area contributed by atoms with E-state index in [2.05, 4.69) is 69.3 Å². The first-order valence-corrected chi connectivity index (χ1v) is 8.06. The lowest BCUT2D eigenvalue weighted by Crippen LogP contribution is -2.17. The van der Waals surface area contributed by atoms with Gasteiger partial charge in [-0.05, 0) is 16.2 Å². The Labute approximate surface area is 118 Å². The third-order valence-corrected chi connectivity index (χ3v) is 4.25. The van der Waals surface area contributed by atoms with Crippen LogP contribution in [0.1, 0.15) is 38.0 Å². The highest BCUT2D eigenvalue weighted by molar-refractivity contribution is 6.31. The van der Waals surface area contributed by atoms with E-state index in [-0.39, 0.29) is 6.10 Å². The standard InChI is InChI=1S/C17H22OSi/c1-17(2,3)19-18-16(14-10-6-4-7-11-14)15-12-8-5-9-13-15/h4-13,16H,19H2,1-3H3. The predicted molar refractivity (Wildman–Crippen MR) is 84.1 cm³/mol. The fraction of sp³-hybridized carbons (Fsp3) is 0.294. The van der Waals surface area contributed by atoms with Crippen LogP contribution in [0.15, 0.2) is 60.7 Å². The molecule has 0 fully saturated rings. The van der Waals surface area contributed by atoms with E-state index < -0.39 is 9.76 Å². The van der Waals surface area contributed by atoms with E-state index in [0.717, 1.165) is 0 Å². The summed E-state index contributed by atoms with van der Waals surface area (Å²) in [7, 11) is -0.585. The van der Waals surface area contributed by atoms with Gasteiger partial charge >= 0.3 is 0 Å². The molecule has 0 atom stereocenters. The van der Waals surface area contributed by atoms with E-state index in [1.807, 2.05) is 12.1 Å². The molecule has 0 radical (unpaired) electrons. The molecule has 0 amide bonds. The van der Waals surface area contributed by atoms with E-state index in [1.165, 1.54) is 11.1 Å². The second-order valence-electron chi connectivity index (χ2n) is 6.07. The number of rotatable bonds is 4. The summed E-state index contributed by atoms with van der Waals surface area (Å²) in [5.74, 6) is 0. The minimum Gasteiger partial charge on any atom is -0.413 e. The van der Waals surface area contributed by atoms with Gasteiger partial charge in [0, 0.05) is 0 Å². The molecule has 2 aromatic rings. The van der Waals surface area contributed by atoms with E-state index in [0.29, 0.717) is 5.04 Å². The molecule has 0 aliphatic rings. The molecule has 2 rings (SSSR count). The molecule has 0 saturated carbocycles. The van der Waals surface area contributed by atoms with Crippen LogP contribution in [0.2, 0.25) is 5.04 Å². The van der Waals surface area contributed by atoms with Crippen LogP contribution in [0.3, 0.4) is 0 Å². The van der Waals surface area contributed by atoms with Gasteiger partial charge in [0.05, 0.1) is 6.10 Å². The Hall–Kier alpha value is -1.38. The maximum absolute atomic E-state index is 6.32. The van der Waals surface area contributed by atoms with Crippen LogP contribution in [0.25, 0.3) is 0 Å². The van der Waals surface area contributed by atoms with Gasteiger partial charge in [-0.15, -0.1) is 0 Å². The van der Waals surface area contributed by atoms with Crippen molar-refractivity contribution in [2.45, 2.75) is 31.9 Å². The van der Waals surface area contributed by atoms with Crippen molar-refractivity contribution < 1.29 is 4.43 Å². The Balaban J connectivity index is 2.24. The van der Waals surface area contributed by atoms with Crippen LogP contribution < -0.4 is 0 Å². The van der Waals surface area contributed by atoms with Gasteiger partial charge in [0.1, 0.15) is 0 Å². The van der Waals surface area contributed by atoms with E-state index in [4.69, 9.17) is 4.43 Å². The van der Waals surface area contributed by atoms with Gasteiger partial charge in [-0.3, -0.25) is 0 Å². The molecular formula is C17H22OSi. The van der Waals surface area contributed by atoms with Crippen LogP contribution in [0.4, 0.5) is 0 Å². The molecule has 0 unspecified atom stereocenters. The van der Waals surface area contributed by atoms with Gasteiger partial charge < -0.3 is 4.43 Å². The average molecular weight is 270 g/mol. The van der Waals surface area contributed by atoms with Gasteiger partial charge in [0.25, 0.3) is 0 Å². The molecule has 0 aromatic heterocycles. The normalized spacial score (nSPS) is 12.4. The fourth-order valence-electron chi connectivity index (χ4n) is 1.97. The first-order valence-electron chi connectivity index (χ1n) is 6.78. The highest BCUT2D eigenvalue weighted by Gasteiger charge is 2.19. The van der Waals surface area contributed by atoms with Crippen molar-refractivity contribution in [2.75, 3.05) is 0 Å². The molecule has 0 spiro atoms. The summed E-state index contributed by atoms with van der Waals surface area (Å²) in [6, 6.07) is 21.0. The number of benzene rings is 2. The van der Waals surface area contributed by atoms with Crippen molar-refractivity contribution >= 4 is 9.76 Å². The monoisotopic (exact) mass is 270 g/mol. The smallest absolute Gasteiger partial charge is 0.168 e. The predicted octanol–water partition coefficient (Wildman–Crippen LogP) is 4.09. The Bertz CT molecular complexity index is 448. The van der Waals surface area contributed by atoms with Gasteiger partial charge in [-0.1, -0.05) is 81.4 Å². The zero-order valence-corrected chi connectivity index (χ0v) is 13.4. The van der Waals surface area contributed by atoms with E-state index in [9.17, 15) is 0 Å². The van der Waals surface area contributed by atoms with Crippen molar-refractivity contribution in [2.24, 2.45) is 0 Å². The molecule has 0 heterocycles. The molecule has 0 aliphatic carbocycles. The Kier molecular flexibility index (Phi) is 4.56. The van der Waals surface area contributed by atoms with Crippen LogP contribution >= 0.6 is 0 Å². The molecule has 2 heteroatoms. The van der Waals surface area contributed by atoms with Crippen LogP contribution in [-0.4, -0.2) is 9.76 Å². The summed E-state index contributed by atoms with van der Waals surface area (Å²) in [6.45, 7) is 6.77. The minimum atomic E-state index is -0.585. The summed E-state index contributed by atoms with van der Waals surface area (Å²) < 4.78 is 6.32. The van der Waals surface area contributed by atoms with Crippen LogP contribution in [0, 0.1) is 0 Å². The first-order chi connectivity index (χ1) is 9.06. The Morgan fingerprint density at radius 1 is 0.789 bits per heavy atom. The molecule has 1 nitrogen and oxygen atoms in total. The second kappa shape index (κ2) is 6.18. The largest absolute Gasteiger partial charge is 0.413 e. The molecule has 0 aliphatic heterocycles. The van der Waals surface area contributed by atoms with Gasteiger partial charge in [-0.25, -0.2) is 0 Å². The van der Waals surface area contributed by atoms with Crippen molar-refractivity contribution in [3.63, 3.8) is 0 Å². The first kappa shape index (κ1) is 14.0. The SMILES string of the molecule is CC(C)(C)[SiH2]OC(c1ccccc1)c1ccccc1. The molecule has 0 N–H and O–H groups in total. The lowest BCUT2D eigenvalue weighted by atomic mass is 10.0. The summed E-state index contributed by atoms with van der Waals surface area (Å²) in [6.07, 6.45) is 0.0771. The summed E-state index contributed by atoms with van der Waals surface area (Å²) in [4.78, 5) is 0. The third-order valence-electron chi connectivity index (χ3n) is 2.89. The Morgan fingerprint density at radius 3 is 1.58 bits per heavy atom. The van der Waals surface area contributed by atoms with Crippen LogP contribution in [0.5, 0.6) is 0 Å². The maximum atomic E-state index is 6.32. The van der Waals surface area contributed by atoms with Crippen molar-refractivity contribution in [3.05, 3.63) is 71.8 Å². The molecule has 0 bridgehead atoms. The molecule has 100 valence electrons. The lowest BCUT2D eigenvalue weighted by molar-refractivity contribution is 0.250. The second-order valence-corrected chi connectivity index (χ2v) is 8.82. The molecule has 2 aromatic carbocycles. The van der Waals surface area contributed by atoms with Crippen molar-refractivity contribution in [3.8, 4) is 0 Å². The minimum absolute atomic E-state index is 0.0771. The van der Waals surface area contributed by atoms with Crippen LogP contribution in [-0.2, 0) is 4.43 Å². The summed E-state index contributed by atoms with van der Waals surface area (Å²) >= 11 is 0. The molecular weight excluding hydrogens is 248 g/mol. The Morgan fingerprint density at radius 2 is 1.21 bits per heavy atom. The average Bonchev–Trinajstić information content (AvgIpc) is 2.40. The molecule has 0 saturated heterocycles. The third kappa shape index (κ3) is 4.34. The quantitative estimate of drug-likeness (QED) is 0.760. The summed E-state index contributed by atoms with van der Waals surface area (Å²) in [5, 5.41) is 0.307. The highest BCUT2D eigenvalue weighted by Crippen LogP contribution is 2.29. The van der Waals surface area contributed by atoms with Gasteiger partial charge in [0.15, 0.2) is 9.76 Å².